The topological polar surface area (TPSA) is 92.5 Å². The Bertz CT molecular complexity index is 774. The fourth-order valence-electron chi connectivity index (χ4n) is 1.89. The number of nitro benzene ring substituents is 1. The minimum atomic E-state index is -0.660. The van der Waals surface area contributed by atoms with Gasteiger partial charge in [0.2, 0.25) is 0 Å². The zero-order valence-corrected chi connectivity index (χ0v) is 12.6. The molecule has 0 atom stereocenters. The largest absolute Gasteiger partial charge is 0.506 e. The summed E-state index contributed by atoms with van der Waals surface area (Å²) in [5.41, 5.74) is 1.76. The van der Waals surface area contributed by atoms with Crippen molar-refractivity contribution >= 4 is 28.9 Å². The Kier molecular flexibility index (Phi) is 4.32. The van der Waals surface area contributed by atoms with Crippen LogP contribution in [-0.2, 0) is 0 Å². The number of phenolic OH excluding ortho intramolecular Hbond substituents is 1. The van der Waals surface area contributed by atoms with Crippen molar-refractivity contribution in [3.8, 4) is 5.75 Å². The van der Waals surface area contributed by atoms with Crippen LogP contribution in [0.25, 0.3) is 0 Å². The van der Waals surface area contributed by atoms with Crippen molar-refractivity contribution in [1.29, 1.82) is 0 Å². The van der Waals surface area contributed by atoms with Crippen molar-refractivity contribution < 1.29 is 14.8 Å². The molecular formula is C15H13ClN2O4. The van der Waals surface area contributed by atoms with E-state index in [-0.39, 0.29) is 27.7 Å². The summed E-state index contributed by atoms with van der Waals surface area (Å²) in [7, 11) is 0. The number of nitro groups is 1. The molecule has 6 nitrogen and oxygen atoms in total. The van der Waals surface area contributed by atoms with E-state index in [2.05, 4.69) is 5.32 Å². The molecule has 0 aliphatic heterocycles. The molecule has 22 heavy (non-hydrogen) atoms. The minimum absolute atomic E-state index is 0.0458. The summed E-state index contributed by atoms with van der Waals surface area (Å²) in [4.78, 5) is 22.3. The van der Waals surface area contributed by atoms with Gasteiger partial charge in [-0.2, -0.15) is 0 Å². The van der Waals surface area contributed by atoms with Crippen LogP contribution in [0.2, 0.25) is 5.02 Å². The molecular weight excluding hydrogens is 308 g/mol. The first kappa shape index (κ1) is 15.8. The van der Waals surface area contributed by atoms with Crippen LogP contribution < -0.4 is 5.32 Å². The highest BCUT2D eigenvalue weighted by atomic mass is 35.5. The lowest BCUT2D eigenvalue weighted by Crippen LogP contribution is -2.12. The lowest BCUT2D eigenvalue weighted by molar-refractivity contribution is -0.384. The molecule has 0 fully saturated rings. The molecule has 0 saturated carbocycles. The summed E-state index contributed by atoms with van der Waals surface area (Å²) in [6.45, 7) is 3.68. The maximum absolute atomic E-state index is 12.2. The molecule has 2 aromatic carbocycles. The fraction of sp³-hybridized carbons (Fsp3) is 0.133. The molecule has 0 aliphatic rings. The van der Waals surface area contributed by atoms with Crippen LogP contribution in [0.4, 0.5) is 11.4 Å². The van der Waals surface area contributed by atoms with Gasteiger partial charge in [-0.1, -0.05) is 11.6 Å². The predicted octanol–water partition coefficient (Wildman–Crippen LogP) is 3.82. The van der Waals surface area contributed by atoms with E-state index in [0.717, 1.165) is 17.2 Å². The van der Waals surface area contributed by atoms with Gasteiger partial charge < -0.3 is 10.4 Å². The monoisotopic (exact) mass is 320 g/mol. The van der Waals surface area contributed by atoms with Crippen LogP contribution in [0.1, 0.15) is 21.5 Å². The summed E-state index contributed by atoms with van der Waals surface area (Å²) in [5.74, 6) is -0.641. The first-order chi connectivity index (χ1) is 10.3. The number of phenols is 1. The van der Waals surface area contributed by atoms with Crippen LogP contribution in [0.3, 0.4) is 0 Å². The van der Waals surface area contributed by atoms with Crippen molar-refractivity contribution in [3.63, 3.8) is 0 Å². The van der Waals surface area contributed by atoms with E-state index in [0.29, 0.717) is 0 Å². The Morgan fingerprint density at radius 1 is 1.23 bits per heavy atom. The quantitative estimate of drug-likeness (QED) is 0.510. The Labute approximate surface area is 131 Å². The van der Waals surface area contributed by atoms with E-state index in [9.17, 15) is 20.0 Å². The van der Waals surface area contributed by atoms with Gasteiger partial charge in [-0.25, -0.2) is 0 Å². The second kappa shape index (κ2) is 6.03. The third-order valence-electron chi connectivity index (χ3n) is 3.27. The highest BCUT2D eigenvalue weighted by molar-refractivity contribution is 6.32. The van der Waals surface area contributed by atoms with Crippen molar-refractivity contribution in [2.45, 2.75) is 13.8 Å². The number of amides is 1. The van der Waals surface area contributed by atoms with E-state index in [4.69, 9.17) is 11.6 Å². The normalized spacial score (nSPS) is 10.3. The van der Waals surface area contributed by atoms with Gasteiger partial charge in [0, 0.05) is 11.6 Å². The molecule has 114 valence electrons. The van der Waals surface area contributed by atoms with Crippen molar-refractivity contribution in [1.82, 2.24) is 0 Å². The van der Waals surface area contributed by atoms with Crippen molar-refractivity contribution in [3.05, 3.63) is 62.2 Å². The third-order valence-corrected chi connectivity index (χ3v) is 3.58. The van der Waals surface area contributed by atoms with Gasteiger partial charge in [-0.15, -0.1) is 0 Å². The average Bonchev–Trinajstić information content (AvgIpc) is 2.44. The number of nitrogens with one attached hydrogen (secondary N) is 1. The molecule has 0 spiro atoms. The molecule has 1 amide bonds. The number of benzene rings is 2. The number of hydrogen-bond donors (Lipinski definition) is 2. The standard InChI is InChI=1S/C15H13ClN2O4/c1-8-5-12(14(19)6-9(8)2)17-15(20)10-3-4-11(16)13(7-10)18(21)22/h3-7,19H,1-2H3,(H,17,20). The summed E-state index contributed by atoms with van der Waals surface area (Å²) < 4.78 is 0. The number of nitrogens with zero attached hydrogens (tertiary/aromatic N) is 1. The zero-order chi connectivity index (χ0) is 16.4. The summed E-state index contributed by atoms with van der Waals surface area (Å²) in [6.07, 6.45) is 0. The van der Waals surface area contributed by atoms with Gasteiger partial charge in [0.1, 0.15) is 10.8 Å². The third kappa shape index (κ3) is 3.17. The van der Waals surface area contributed by atoms with Crippen molar-refractivity contribution in [2.75, 3.05) is 5.32 Å². The number of carbonyl (C=O) groups excluding carboxylic acids is 1. The first-order valence-electron chi connectivity index (χ1n) is 6.35. The number of rotatable bonds is 3. The molecule has 0 bridgehead atoms. The second-order valence-corrected chi connectivity index (χ2v) is 5.24. The Balaban J connectivity index is 2.32. The Morgan fingerprint density at radius 3 is 2.50 bits per heavy atom. The number of halogens is 1. The van der Waals surface area contributed by atoms with Crippen LogP contribution in [0, 0.1) is 24.0 Å². The molecule has 0 radical (unpaired) electrons. The molecule has 0 aliphatic carbocycles. The molecule has 2 rings (SSSR count). The number of hydrogen-bond acceptors (Lipinski definition) is 4. The van der Waals surface area contributed by atoms with Gasteiger partial charge in [0.05, 0.1) is 10.6 Å². The van der Waals surface area contributed by atoms with Gasteiger partial charge in [0.25, 0.3) is 11.6 Å². The number of aryl methyl sites for hydroxylation is 2. The zero-order valence-electron chi connectivity index (χ0n) is 11.9. The van der Waals surface area contributed by atoms with E-state index >= 15 is 0 Å². The van der Waals surface area contributed by atoms with E-state index in [1.807, 2.05) is 13.8 Å². The summed E-state index contributed by atoms with van der Waals surface area (Å²) >= 11 is 5.71. The van der Waals surface area contributed by atoms with Gasteiger partial charge in [-0.3, -0.25) is 14.9 Å². The predicted molar refractivity (Wildman–Crippen MR) is 83.6 cm³/mol. The van der Waals surface area contributed by atoms with Crippen molar-refractivity contribution in [2.24, 2.45) is 0 Å². The van der Waals surface area contributed by atoms with Gasteiger partial charge in [0.15, 0.2) is 0 Å². The highest BCUT2D eigenvalue weighted by Crippen LogP contribution is 2.29. The number of carbonyl (C=O) groups is 1. The van der Waals surface area contributed by atoms with Crippen LogP contribution in [0.15, 0.2) is 30.3 Å². The average molecular weight is 321 g/mol. The maximum Gasteiger partial charge on any atom is 0.288 e. The molecule has 7 heteroatoms. The Hall–Kier alpha value is -2.60. The number of anilines is 1. The van der Waals surface area contributed by atoms with E-state index in [1.54, 1.807) is 6.07 Å². The summed E-state index contributed by atoms with van der Waals surface area (Å²) in [6, 6.07) is 6.93. The molecule has 0 heterocycles. The Morgan fingerprint density at radius 2 is 1.86 bits per heavy atom. The molecule has 0 unspecified atom stereocenters. The summed E-state index contributed by atoms with van der Waals surface area (Å²) in [5, 5.41) is 23.2. The van der Waals surface area contributed by atoms with Gasteiger partial charge >= 0.3 is 0 Å². The number of aromatic hydroxyl groups is 1. The fourth-order valence-corrected chi connectivity index (χ4v) is 2.08. The van der Waals surface area contributed by atoms with Crippen LogP contribution in [0.5, 0.6) is 5.75 Å². The van der Waals surface area contributed by atoms with Gasteiger partial charge in [-0.05, 0) is 49.2 Å². The SMILES string of the molecule is Cc1cc(O)c(NC(=O)c2ccc(Cl)c([N+](=O)[O-])c2)cc1C. The van der Waals surface area contributed by atoms with E-state index < -0.39 is 10.8 Å². The van der Waals surface area contributed by atoms with Crippen LogP contribution in [-0.4, -0.2) is 15.9 Å². The van der Waals surface area contributed by atoms with E-state index in [1.165, 1.54) is 18.2 Å². The molecule has 0 aromatic heterocycles. The molecule has 2 N–H and O–H groups in total. The molecule has 0 saturated heterocycles. The lowest BCUT2D eigenvalue weighted by atomic mass is 10.1. The second-order valence-electron chi connectivity index (χ2n) is 4.83. The molecule has 2 aromatic rings. The maximum atomic E-state index is 12.2. The van der Waals surface area contributed by atoms with Crippen LogP contribution >= 0.6 is 11.6 Å². The minimum Gasteiger partial charge on any atom is -0.506 e. The first-order valence-corrected chi connectivity index (χ1v) is 6.73. The highest BCUT2D eigenvalue weighted by Gasteiger charge is 2.17. The smallest absolute Gasteiger partial charge is 0.288 e. The lowest BCUT2D eigenvalue weighted by Gasteiger charge is -2.10.